The second-order valence-electron chi connectivity index (χ2n) is 9.36. The minimum atomic E-state index is -0.935. The van der Waals surface area contributed by atoms with Crippen LogP contribution in [0.1, 0.15) is 44.3 Å². The highest BCUT2D eigenvalue weighted by atomic mass is 16.7. The summed E-state index contributed by atoms with van der Waals surface area (Å²) >= 11 is 0. The Hall–Kier alpha value is -2.62. The lowest BCUT2D eigenvalue weighted by atomic mass is 9.76. The lowest BCUT2D eigenvalue weighted by Gasteiger charge is -2.32. The van der Waals surface area contributed by atoms with E-state index < -0.39 is 18.3 Å². The zero-order chi connectivity index (χ0) is 25.1. The van der Waals surface area contributed by atoms with Crippen LogP contribution in [0.2, 0.25) is 0 Å². The molecule has 2 atom stereocenters. The van der Waals surface area contributed by atoms with Crippen LogP contribution in [0.4, 0.5) is 0 Å². The van der Waals surface area contributed by atoms with Crippen LogP contribution in [-0.2, 0) is 9.31 Å². The van der Waals surface area contributed by atoms with Crippen molar-refractivity contribution in [2.75, 3.05) is 0 Å². The highest BCUT2D eigenvalue weighted by molar-refractivity contribution is 6.62. The molecule has 5 rings (SSSR count). The largest absolute Gasteiger partial charge is 0.494 e. The summed E-state index contributed by atoms with van der Waals surface area (Å²) in [5, 5.41) is 0. The van der Waals surface area contributed by atoms with Gasteiger partial charge in [-0.1, -0.05) is 91.0 Å². The maximum Gasteiger partial charge on any atom is 0.494 e. The zero-order valence-corrected chi connectivity index (χ0v) is 18.4. The van der Waals surface area contributed by atoms with Crippen molar-refractivity contribution in [2.45, 2.75) is 38.9 Å². The summed E-state index contributed by atoms with van der Waals surface area (Å²) in [7, 11) is -0.935. The molecule has 2 aliphatic carbocycles. The average Bonchev–Trinajstić information content (AvgIpc) is 3.04. The first-order chi connectivity index (χ1) is 16.5. The molecule has 3 heteroatoms. The third kappa shape index (κ3) is 3.77. The molecule has 156 valence electrons. The maximum absolute atomic E-state index is 8.97. The zero-order valence-electron chi connectivity index (χ0n) is 22.4. The van der Waals surface area contributed by atoms with E-state index in [4.69, 9.17) is 14.8 Å². The van der Waals surface area contributed by atoms with Crippen LogP contribution in [0, 0.1) is 11.8 Å². The second-order valence-corrected chi connectivity index (χ2v) is 9.36. The normalized spacial score (nSPS) is 27.5. The van der Waals surface area contributed by atoms with Gasteiger partial charge in [0.15, 0.2) is 0 Å². The first-order valence-electron chi connectivity index (χ1n) is 12.8. The monoisotopic (exact) mass is 412 g/mol. The lowest BCUT2D eigenvalue weighted by Crippen LogP contribution is -2.41. The highest BCUT2D eigenvalue weighted by Gasteiger charge is 2.51. The van der Waals surface area contributed by atoms with E-state index in [-0.39, 0.29) is 41.5 Å². The Morgan fingerprint density at radius 1 is 0.806 bits per heavy atom. The van der Waals surface area contributed by atoms with Gasteiger partial charge in [-0.3, -0.25) is 0 Å². The van der Waals surface area contributed by atoms with Crippen LogP contribution >= 0.6 is 0 Å². The van der Waals surface area contributed by atoms with Crippen molar-refractivity contribution < 1.29 is 14.8 Å². The molecule has 2 aromatic rings. The van der Waals surface area contributed by atoms with Crippen LogP contribution in [0.5, 0.6) is 0 Å². The van der Waals surface area contributed by atoms with Crippen LogP contribution in [0.3, 0.4) is 0 Å². The summed E-state index contributed by atoms with van der Waals surface area (Å²) in [5.74, 6) is 0.266. The van der Waals surface area contributed by atoms with E-state index in [1.165, 1.54) is 11.1 Å². The van der Waals surface area contributed by atoms with Gasteiger partial charge >= 0.3 is 7.12 Å². The molecular formula is C28H29BO2. The number of hydrogen-bond acceptors (Lipinski definition) is 2. The molecule has 0 N–H and O–H groups in total. The molecule has 0 saturated carbocycles. The van der Waals surface area contributed by atoms with Crippen molar-refractivity contribution in [1.29, 1.82) is 0 Å². The first kappa shape index (κ1) is 16.1. The van der Waals surface area contributed by atoms with Gasteiger partial charge in [-0.05, 0) is 55.4 Å². The van der Waals surface area contributed by atoms with E-state index in [1.807, 2.05) is 52.0 Å². The Bertz CT molecular complexity index is 1290. The Morgan fingerprint density at radius 2 is 1.39 bits per heavy atom. The van der Waals surface area contributed by atoms with Gasteiger partial charge in [-0.2, -0.15) is 0 Å². The molecule has 2 aromatic carbocycles. The topological polar surface area (TPSA) is 18.5 Å². The average molecular weight is 412 g/mol. The number of allylic oxidation sites excluding steroid dienone is 8. The Balaban J connectivity index is 1.52. The summed E-state index contributed by atoms with van der Waals surface area (Å²) in [4.78, 5) is 0. The van der Waals surface area contributed by atoms with E-state index in [1.54, 1.807) is 0 Å². The van der Waals surface area contributed by atoms with Crippen molar-refractivity contribution in [3.63, 3.8) is 0 Å². The molecule has 31 heavy (non-hydrogen) atoms. The maximum atomic E-state index is 8.97. The third-order valence-corrected chi connectivity index (χ3v) is 6.71. The van der Waals surface area contributed by atoms with Crippen molar-refractivity contribution in [1.82, 2.24) is 0 Å². The van der Waals surface area contributed by atoms with Gasteiger partial charge in [-0.25, -0.2) is 0 Å². The molecule has 1 fully saturated rings. The highest BCUT2D eigenvalue weighted by Crippen LogP contribution is 2.38. The molecule has 0 spiro atoms. The summed E-state index contributed by atoms with van der Waals surface area (Å²) in [6, 6.07) is 9.75. The summed E-state index contributed by atoms with van der Waals surface area (Å²) in [5.41, 5.74) is 2.35. The molecule has 1 heterocycles. The SMILES string of the molecule is [2H]c1c([2H])c(B2OC(C)(C)C(C)(C)O2)c([2H])c(C2=CC3C=CC(c4ccccc4)=CC3C=C2)c1[2H]. The molecular weight excluding hydrogens is 379 g/mol. The third-order valence-electron chi connectivity index (χ3n) is 6.71. The lowest BCUT2D eigenvalue weighted by molar-refractivity contribution is 0.00578. The number of fused-ring (bicyclic) bond motifs is 1. The predicted molar refractivity (Wildman–Crippen MR) is 130 cm³/mol. The molecule has 3 aliphatic rings. The van der Waals surface area contributed by atoms with E-state index in [9.17, 15) is 0 Å². The number of hydrogen-bond donors (Lipinski definition) is 0. The van der Waals surface area contributed by atoms with Crippen LogP contribution < -0.4 is 5.46 Å². The van der Waals surface area contributed by atoms with Gasteiger partial charge in [0.1, 0.15) is 0 Å². The molecule has 0 radical (unpaired) electrons. The Kier molecular flexibility index (Phi) is 3.90. The van der Waals surface area contributed by atoms with Crippen molar-refractivity contribution in [2.24, 2.45) is 11.8 Å². The van der Waals surface area contributed by atoms with Crippen molar-refractivity contribution in [3.8, 4) is 0 Å². The Morgan fingerprint density at radius 3 is 2.00 bits per heavy atom. The van der Waals surface area contributed by atoms with Gasteiger partial charge in [0.05, 0.1) is 16.7 Å². The first-order valence-corrected chi connectivity index (χ1v) is 10.8. The molecule has 2 nitrogen and oxygen atoms in total. The molecule has 1 saturated heterocycles. The molecule has 0 amide bonds. The molecule has 0 bridgehead atoms. The van der Waals surface area contributed by atoms with Gasteiger partial charge in [0.2, 0.25) is 0 Å². The van der Waals surface area contributed by atoms with E-state index >= 15 is 0 Å². The fourth-order valence-electron chi connectivity index (χ4n) is 4.12. The van der Waals surface area contributed by atoms with Crippen LogP contribution in [-0.4, -0.2) is 18.3 Å². The smallest absolute Gasteiger partial charge is 0.399 e. The van der Waals surface area contributed by atoms with E-state index in [2.05, 4.69) is 42.5 Å². The van der Waals surface area contributed by atoms with E-state index in [0.29, 0.717) is 11.1 Å². The number of rotatable bonds is 3. The fourth-order valence-corrected chi connectivity index (χ4v) is 4.12. The Labute approximate surface area is 191 Å². The van der Waals surface area contributed by atoms with E-state index in [0.717, 1.165) is 0 Å². The second kappa shape index (κ2) is 7.51. The summed E-state index contributed by atoms with van der Waals surface area (Å²) in [6.07, 6.45) is 12.6. The predicted octanol–water partition coefficient (Wildman–Crippen LogP) is 5.82. The minimum absolute atomic E-state index is 0.0177. The van der Waals surface area contributed by atoms with Gasteiger partial charge < -0.3 is 9.31 Å². The van der Waals surface area contributed by atoms with Gasteiger partial charge in [0.25, 0.3) is 0 Å². The quantitative estimate of drug-likeness (QED) is 0.591. The van der Waals surface area contributed by atoms with Crippen molar-refractivity contribution >= 4 is 23.7 Å². The molecule has 2 unspecified atom stereocenters. The van der Waals surface area contributed by atoms with Crippen LogP contribution in [0.15, 0.2) is 91.0 Å². The van der Waals surface area contributed by atoms with Gasteiger partial charge in [-0.15, -0.1) is 0 Å². The minimum Gasteiger partial charge on any atom is -0.399 e. The number of benzene rings is 2. The summed E-state index contributed by atoms with van der Waals surface area (Å²) < 4.78 is 46.8. The standard InChI is InChI=1S/C28H29BO2/c1-27(2)28(3,4)31-29(30-27)26-12-8-11-21(19-26)23-15-16-24-17-22(13-14-25(24)18-23)20-9-6-5-7-10-20/h5-19,24-25H,1-4H3/i8D,11D,12D,19D. The van der Waals surface area contributed by atoms with Crippen molar-refractivity contribution in [3.05, 3.63) is 102 Å². The fraction of sp³-hybridized carbons (Fsp3) is 0.286. The van der Waals surface area contributed by atoms with Gasteiger partial charge in [0, 0.05) is 11.8 Å². The molecule has 1 aliphatic heterocycles. The summed E-state index contributed by atoms with van der Waals surface area (Å²) in [6.45, 7) is 7.67. The van der Waals surface area contributed by atoms with Crippen LogP contribution in [0.25, 0.3) is 11.1 Å². The molecule has 0 aromatic heterocycles.